The maximum absolute atomic E-state index is 13.0. The highest BCUT2D eigenvalue weighted by Gasteiger charge is 2.25. The lowest BCUT2D eigenvalue weighted by Crippen LogP contribution is -2.41. The van der Waals surface area contributed by atoms with Gasteiger partial charge in [-0.2, -0.15) is 0 Å². The smallest absolute Gasteiger partial charge is 0.264 e. The largest absolute Gasteiger partial charge is 0.337 e. The fourth-order valence-electron chi connectivity index (χ4n) is 2.86. The summed E-state index contributed by atoms with van der Waals surface area (Å²) in [5, 5.41) is 0. The van der Waals surface area contributed by atoms with Gasteiger partial charge in [0.1, 0.15) is 0 Å². The Labute approximate surface area is 162 Å². The average Bonchev–Trinajstić information content (AvgIpc) is 2.68. The van der Waals surface area contributed by atoms with Crippen molar-refractivity contribution in [2.24, 2.45) is 0 Å². The number of aryl methyl sites for hydroxylation is 1. The van der Waals surface area contributed by atoms with E-state index in [4.69, 9.17) is 0 Å². The number of sulfonamides is 1. The van der Waals surface area contributed by atoms with Gasteiger partial charge in [-0.3, -0.25) is 13.3 Å². The Morgan fingerprint density at radius 3 is 2.33 bits per heavy atom. The van der Waals surface area contributed by atoms with Crippen molar-refractivity contribution in [2.75, 3.05) is 35.9 Å². The van der Waals surface area contributed by atoms with Crippen molar-refractivity contribution in [3.8, 4) is 0 Å². The van der Waals surface area contributed by atoms with Crippen LogP contribution in [0.2, 0.25) is 0 Å². The maximum atomic E-state index is 13.0. The monoisotopic (exact) mass is 406 g/mol. The number of nitrogens with zero attached hydrogens (tertiary/aromatic N) is 2. The van der Waals surface area contributed by atoms with Crippen LogP contribution in [0.25, 0.3) is 0 Å². The maximum Gasteiger partial charge on any atom is 0.264 e. The van der Waals surface area contributed by atoms with Gasteiger partial charge in [-0.1, -0.05) is 23.8 Å². The van der Waals surface area contributed by atoms with Crippen LogP contribution in [-0.2, 0) is 20.8 Å². The number of carbonyl (C=O) groups excluding carboxylic acids is 1. The van der Waals surface area contributed by atoms with Gasteiger partial charge in [0.15, 0.2) is 0 Å². The van der Waals surface area contributed by atoms with Gasteiger partial charge in [-0.05, 0) is 37.3 Å². The number of amides is 1. The number of rotatable bonds is 4. The summed E-state index contributed by atoms with van der Waals surface area (Å²) in [4.78, 5) is 14.4. The Morgan fingerprint density at radius 2 is 1.70 bits per heavy atom. The second-order valence-electron chi connectivity index (χ2n) is 6.48. The van der Waals surface area contributed by atoms with E-state index in [0.29, 0.717) is 35.8 Å². The highest BCUT2D eigenvalue weighted by molar-refractivity contribution is 7.92. The third kappa shape index (κ3) is 4.22. The SMILES string of the molecule is Cc1ccc(N(C)S(=O)(=O)c2cccc(C(=O)N3CCS(=O)CC3)c2)cc1. The lowest BCUT2D eigenvalue weighted by molar-refractivity contribution is 0.0771. The van der Waals surface area contributed by atoms with Crippen LogP contribution in [0.15, 0.2) is 53.4 Å². The van der Waals surface area contributed by atoms with Crippen molar-refractivity contribution in [2.45, 2.75) is 11.8 Å². The van der Waals surface area contributed by atoms with Crippen LogP contribution in [0.1, 0.15) is 15.9 Å². The van der Waals surface area contributed by atoms with E-state index in [-0.39, 0.29) is 10.8 Å². The molecule has 1 heterocycles. The first kappa shape index (κ1) is 19.6. The Morgan fingerprint density at radius 1 is 1.07 bits per heavy atom. The van der Waals surface area contributed by atoms with Crippen LogP contribution in [0, 0.1) is 6.92 Å². The molecule has 2 aromatic rings. The lowest BCUT2D eigenvalue weighted by atomic mass is 10.2. The molecule has 6 nitrogen and oxygen atoms in total. The minimum Gasteiger partial charge on any atom is -0.337 e. The summed E-state index contributed by atoms with van der Waals surface area (Å²) in [6.07, 6.45) is 0. The molecule has 1 saturated heterocycles. The van der Waals surface area contributed by atoms with Crippen molar-refractivity contribution in [3.63, 3.8) is 0 Å². The summed E-state index contributed by atoms with van der Waals surface area (Å²) in [6.45, 7) is 2.78. The molecular formula is C19H22N2O4S2. The van der Waals surface area contributed by atoms with E-state index in [2.05, 4.69) is 0 Å². The molecule has 0 saturated carbocycles. The molecule has 0 N–H and O–H groups in total. The summed E-state index contributed by atoms with van der Waals surface area (Å²) in [5.74, 6) is 0.682. The normalized spacial score (nSPS) is 15.6. The first-order valence-electron chi connectivity index (χ1n) is 8.59. The number of hydrogen-bond donors (Lipinski definition) is 0. The van der Waals surface area contributed by atoms with E-state index in [0.717, 1.165) is 5.56 Å². The van der Waals surface area contributed by atoms with Crippen LogP contribution in [-0.4, -0.2) is 55.1 Å². The zero-order chi connectivity index (χ0) is 19.6. The number of anilines is 1. The third-order valence-corrected chi connectivity index (χ3v) is 7.66. The molecule has 0 unspecified atom stereocenters. The molecule has 1 aliphatic rings. The summed E-state index contributed by atoms with van der Waals surface area (Å²) < 4.78 is 38.6. The van der Waals surface area contributed by atoms with Gasteiger partial charge in [0, 0.05) is 48.0 Å². The van der Waals surface area contributed by atoms with Gasteiger partial charge >= 0.3 is 0 Å². The first-order valence-corrected chi connectivity index (χ1v) is 11.5. The van der Waals surface area contributed by atoms with E-state index in [1.807, 2.05) is 19.1 Å². The topological polar surface area (TPSA) is 74.8 Å². The van der Waals surface area contributed by atoms with Crippen LogP contribution in [0.4, 0.5) is 5.69 Å². The van der Waals surface area contributed by atoms with Crippen molar-refractivity contribution in [1.29, 1.82) is 0 Å². The quantitative estimate of drug-likeness (QED) is 0.779. The third-order valence-electron chi connectivity index (χ3n) is 4.60. The highest BCUT2D eigenvalue weighted by atomic mass is 32.2. The van der Waals surface area contributed by atoms with Crippen molar-refractivity contribution >= 4 is 32.4 Å². The Kier molecular flexibility index (Phi) is 5.67. The van der Waals surface area contributed by atoms with Crippen LogP contribution in [0.5, 0.6) is 0 Å². The van der Waals surface area contributed by atoms with Crippen LogP contribution >= 0.6 is 0 Å². The molecule has 0 aromatic heterocycles. The summed E-state index contributed by atoms with van der Waals surface area (Å²) in [5.41, 5.74) is 1.91. The molecule has 144 valence electrons. The second kappa shape index (κ2) is 7.82. The van der Waals surface area contributed by atoms with Gasteiger partial charge in [0.25, 0.3) is 15.9 Å². The molecule has 27 heavy (non-hydrogen) atoms. The highest BCUT2D eigenvalue weighted by Crippen LogP contribution is 2.23. The van der Waals surface area contributed by atoms with E-state index < -0.39 is 20.8 Å². The predicted octanol–water partition coefficient (Wildman–Crippen LogP) is 2.02. The van der Waals surface area contributed by atoms with Gasteiger partial charge in [0.2, 0.25) is 0 Å². The second-order valence-corrected chi connectivity index (χ2v) is 10.1. The first-order chi connectivity index (χ1) is 12.8. The van der Waals surface area contributed by atoms with Crippen molar-refractivity contribution in [1.82, 2.24) is 4.90 Å². The Balaban J connectivity index is 1.86. The zero-order valence-electron chi connectivity index (χ0n) is 15.3. The van der Waals surface area contributed by atoms with E-state index in [9.17, 15) is 17.4 Å². The van der Waals surface area contributed by atoms with Gasteiger partial charge in [-0.25, -0.2) is 8.42 Å². The average molecular weight is 407 g/mol. The van der Waals surface area contributed by atoms with Crippen LogP contribution < -0.4 is 4.31 Å². The molecular weight excluding hydrogens is 384 g/mol. The molecule has 8 heteroatoms. The van der Waals surface area contributed by atoms with E-state index in [1.165, 1.54) is 23.5 Å². The van der Waals surface area contributed by atoms with Crippen molar-refractivity contribution < 1.29 is 17.4 Å². The molecule has 1 amide bonds. The molecule has 3 rings (SSSR count). The predicted molar refractivity (Wildman–Crippen MR) is 107 cm³/mol. The summed E-state index contributed by atoms with van der Waals surface area (Å²) >= 11 is 0. The zero-order valence-corrected chi connectivity index (χ0v) is 16.9. The molecule has 1 aliphatic heterocycles. The standard InChI is InChI=1S/C19H22N2O4S2/c1-15-6-8-17(9-7-15)20(2)27(24,25)18-5-3-4-16(14-18)19(22)21-10-12-26(23)13-11-21/h3-9,14H,10-13H2,1-2H3. The Hall–Kier alpha value is -2.19. The summed E-state index contributed by atoms with van der Waals surface area (Å²) in [6, 6.07) is 13.3. The number of carbonyl (C=O) groups is 1. The van der Waals surface area contributed by atoms with E-state index in [1.54, 1.807) is 29.2 Å². The van der Waals surface area contributed by atoms with Crippen LogP contribution in [0.3, 0.4) is 0 Å². The summed E-state index contributed by atoms with van der Waals surface area (Å²) in [7, 11) is -3.17. The van der Waals surface area contributed by atoms with Gasteiger partial charge < -0.3 is 4.90 Å². The molecule has 0 aliphatic carbocycles. The van der Waals surface area contributed by atoms with Crippen molar-refractivity contribution in [3.05, 3.63) is 59.7 Å². The number of benzene rings is 2. The number of hydrogen-bond acceptors (Lipinski definition) is 4. The molecule has 1 fully saturated rings. The minimum absolute atomic E-state index is 0.0667. The Bertz CT molecular complexity index is 961. The fraction of sp³-hybridized carbons (Fsp3) is 0.316. The minimum atomic E-state index is -3.79. The van der Waals surface area contributed by atoms with Gasteiger partial charge in [-0.15, -0.1) is 0 Å². The molecule has 0 spiro atoms. The van der Waals surface area contributed by atoms with Gasteiger partial charge in [0.05, 0.1) is 10.6 Å². The molecule has 2 aromatic carbocycles. The van der Waals surface area contributed by atoms with E-state index >= 15 is 0 Å². The molecule has 0 radical (unpaired) electrons. The lowest BCUT2D eigenvalue weighted by Gasteiger charge is -2.26. The fourth-order valence-corrected chi connectivity index (χ4v) is 5.16. The molecule has 0 atom stereocenters. The molecule has 0 bridgehead atoms.